The van der Waals surface area contributed by atoms with Gasteiger partial charge in [0.1, 0.15) is 18.7 Å². The third kappa shape index (κ3) is 7.92. The summed E-state index contributed by atoms with van der Waals surface area (Å²) in [6, 6.07) is 13.4. The molecule has 0 bridgehead atoms. The number of esters is 1. The Morgan fingerprint density at radius 3 is 2.32 bits per heavy atom. The van der Waals surface area contributed by atoms with Gasteiger partial charge in [0, 0.05) is 11.4 Å². The number of hydrogen-bond donors (Lipinski definition) is 3. The lowest BCUT2D eigenvalue weighted by molar-refractivity contribution is -0.145. The van der Waals surface area contributed by atoms with Crippen molar-refractivity contribution in [1.29, 1.82) is 0 Å². The van der Waals surface area contributed by atoms with E-state index in [0.29, 0.717) is 10.6 Å². The van der Waals surface area contributed by atoms with Crippen LogP contribution in [0.2, 0.25) is 5.02 Å². The standard InChI is InChI=1S/C22H25ClN2O6/c1-14(26)19(25-22(29)31-13-15-7-4-3-5-8-15)20(27)24-18(21(28)30-2)12-16-9-6-10-17(23)11-16/h3-11,14,18-19,26H,12-13H2,1-2H3,(H,24,27)(H,25,29)/t14-,18-,19+/m1/s1. The molecule has 3 N–H and O–H groups in total. The Labute approximate surface area is 185 Å². The van der Waals surface area contributed by atoms with Gasteiger partial charge in [0.05, 0.1) is 13.2 Å². The van der Waals surface area contributed by atoms with E-state index in [1.807, 2.05) is 6.07 Å². The summed E-state index contributed by atoms with van der Waals surface area (Å²) in [5.74, 6) is -1.44. The maximum absolute atomic E-state index is 12.7. The van der Waals surface area contributed by atoms with E-state index in [-0.39, 0.29) is 13.0 Å². The van der Waals surface area contributed by atoms with Crippen LogP contribution >= 0.6 is 11.6 Å². The molecule has 0 heterocycles. The number of ether oxygens (including phenoxy) is 2. The number of carbonyl (C=O) groups excluding carboxylic acids is 3. The fourth-order valence-electron chi connectivity index (χ4n) is 2.79. The number of nitrogens with one attached hydrogen (secondary N) is 2. The molecule has 3 atom stereocenters. The summed E-state index contributed by atoms with van der Waals surface area (Å²) in [5.41, 5.74) is 1.47. The molecule has 0 fully saturated rings. The smallest absolute Gasteiger partial charge is 0.408 e. The molecule has 8 nitrogen and oxygen atoms in total. The predicted octanol–water partition coefficient (Wildman–Crippen LogP) is 2.22. The molecule has 9 heteroatoms. The van der Waals surface area contributed by atoms with Gasteiger partial charge in [0.15, 0.2) is 0 Å². The van der Waals surface area contributed by atoms with Crippen LogP contribution in [0.3, 0.4) is 0 Å². The van der Waals surface area contributed by atoms with E-state index in [4.69, 9.17) is 21.1 Å². The predicted molar refractivity (Wildman–Crippen MR) is 114 cm³/mol. The summed E-state index contributed by atoms with van der Waals surface area (Å²) in [5, 5.41) is 15.3. The summed E-state index contributed by atoms with van der Waals surface area (Å²) < 4.78 is 9.86. The first-order valence-corrected chi connectivity index (χ1v) is 9.96. The van der Waals surface area contributed by atoms with E-state index in [1.54, 1.807) is 48.5 Å². The van der Waals surface area contributed by atoms with Crippen molar-refractivity contribution >= 4 is 29.6 Å². The third-order valence-corrected chi connectivity index (χ3v) is 4.62. The van der Waals surface area contributed by atoms with Gasteiger partial charge in [-0.2, -0.15) is 0 Å². The Balaban J connectivity index is 2.02. The second-order valence-corrected chi connectivity index (χ2v) is 7.28. The number of alkyl carbamates (subject to hydrolysis) is 1. The van der Waals surface area contributed by atoms with Gasteiger partial charge < -0.3 is 25.2 Å². The molecule has 0 aliphatic heterocycles. The molecule has 2 amide bonds. The van der Waals surface area contributed by atoms with E-state index >= 15 is 0 Å². The molecule has 0 unspecified atom stereocenters. The first kappa shape index (κ1) is 24.2. The van der Waals surface area contributed by atoms with Gasteiger partial charge in [-0.3, -0.25) is 4.79 Å². The van der Waals surface area contributed by atoms with Crippen molar-refractivity contribution in [1.82, 2.24) is 10.6 Å². The van der Waals surface area contributed by atoms with Gasteiger partial charge in [-0.05, 0) is 30.2 Å². The van der Waals surface area contributed by atoms with E-state index in [1.165, 1.54) is 14.0 Å². The number of aliphatic hydroxyl groups excluding tert-OH is 1. The summed E-state index contributed by atoms with van der Waals surface area (Å²) in [6.45, 7) is 1.34. The molecular formula is C22H25ClN2O6. The topological polar surface area (TPSA) is 114 Å². The Kier molecular flexibility index (Phi) is 9.30. The number of carbonyl (C=O) groups is 3. The van der Waals surface area contributed by atoms with Crippen LogP contribution in [-0.2, 0) is 32.1 Å². The molecule has 2 aromatic carbocycles. The molecule has 0 saturated heterocycles. The van der Waals surface area contributed by atoms with Crippen LogP contribution < -0.4 is 10.6 Å². The zero-order valence-electron chi connectivity index (χ0n) is 17.2. The molecular weight excluding hydrogens is 424 g/mol. The van der Waals surface area contributed by atoms with Crippen molar-refractivity contribution in [3.05, 3.63) is 70.7 Å². The molecule has 0 aliphatic carbocycles. The number of hydrogen-bond acceptors (Lipinski definition) is 6. The Morgan fingerprint density at radius 2 is 1.71 bits per heavy atom. The zero-order chi connectivity index (χ0) is 22.8. The van der Waals surface area contributed by atoms with Crippen LogP contribution in [0.5, 0.6) is 0 Å². The number of benzene rings is 2. The van der Waals surface area contributed by atoms with E-state index < -0.39 is 36.2 Å². The summed E-state index contributed by atoms with van der Waals surface area (Å²) in [6.07, 6.45) is -2.01. The Morgan fingerprint density at radius 1 is 1.03 bits per heavy atom. The number of aliphatic hydroxyl groups is 1. The monoisotopic (exact) mass is 448 g/mol. The maximum Gasteiger partial charge on any atom is 0.408 e. The Bertz CT molecular complexity index is 891. The molecule has 2 rings (SSSR count). The molecule has 0 spiro atoms. The quantitative estimate of drug-likeness (QED) is 0.507. The largest absolute Gasteiger partial charge is 0.467 e. The van der Waals surface area contributed by atoms with Crippen molar-refractivity contribution in [2.45, 2.75) is 38.1 Å². The SMILES string of the molecule is COC(=O)[C@@H](Cc1cccc(Cl)c1)NC(=O)[C@@H](NC(=O)OCc1ccccc1)[C@@H](C)O. The summed E-state index contributed by atoms with van der Waals surface area (Å²) in [4.78, 5) is 37.0. The van der Waals surface area contributed by atoms with Gasteiger partial charge in [-0.1, -0.05) is 54.1 Å². The minimum Gasteiger partial charge on any atom is -0.467 e. The van der Waals surface area contributed by atoms with E-state index in [9.17, 15) is 19.5 Å². The average Bonchev–Trinajstić information content (AvgIpc) is 2.75. The van der Waals surface area contributed by atoms with Crippen molar-refractivity contribution < 1.29 is 29.0 Å². The highest BCUT2D eigenvalue weighted by atomic mass is 35.5. The highest BCUT2D eigenvalue weighted by Gasteiger charge is 2.30. The first-order valence-electron chi connectivity index (χ1n) is 9.58. The normalized spacial score (nSPS) is 13.4. The Hall–Kier alpha value is -3.10. The van der Waals surface area contributed by atoms with E-state index in [2.05, 4.69) is 10.6 Å². The van der Waals surface area contributed by atoms with Gasteiger partial charge in [0.25, 0.3) is 0 Å². The lowest BCUT2D eigenvalue weighted by atomic mass is 10.0. The van der Waals surface area contributed by atoms with Crippen LogP contribution in [0.15, 0.2) is 54.6 Å². The maximum atomic E-state index is 12.7. The molecule has 0 radical (unpaired) electrons. The van der Waals surface area contributed by atoms with Gasteiger partial charge in [-0.15, -0.1) is 0 Å². The lowest BCUT2D eigenvalue weighted by Crippen LogP contribution is -2.56. The van der Waals surface area contributed by atoms with Crippen LogP contribution in [0, 0.1) is 0 Å². The molecule has 31 heavy (non-hydrogen) atoms. The molecule has 0 aromatic heterocycles. The number of amides is 2. The van der Waals surface area contributed by atoms with Gasteiger partial charge in [-0.25, -0.2) is 9.59 Å². The van der Waals surface area contributed by atoms with Gasteiger partial charge >= 0.3 is 12.1 Å². The van der Waals surface area contributed by atoms with Crippen molar-refractivity contribution in [2.75, 3.05) is 7.11 Å². The fraction of sp³-hybridized carbons (Fsp3) is 0.318. The van der Waals surface area contributed by atoms with Crippen molar-refractivity contribution in [3.63, 3.8) is 0 Å². The highest BCUT2D eigenvalue weighted by molar-refractivity contribution is 6.30. The van der Waals surface area contributed by atoms with Gasteiger partial charge in [0.2, 0.25) is 5.91 Å². The fourth-order valence-corrected chi connectivity index (χ4v) is 3.01. The first-order chi connectivity index (χ1) is 14.8. The summed E-state index contributed by atoms with van der Waals surface area (Å²) >= 11 is 5.97. The zero-order valence-corrected chi connectivity index (χ0v) is 18.0. The molecule has 2 aromatic rings. The summed E-state index contributed by atoms with van der Waals surface area (Å²) in [7, 11) is 1.20. The number of methoxy groups -OCH3 is 1. The minimum atomic E-state index is -1.34. The van der Waals surface area contributed by atoms with Crippen molar-refractivity contribution in [2.24, 2.45) is 0 Å². The molecule has 166 valence electrons. The second-order valence-electron chi connectivity index (χ2n) is 6.84. The number of rotatable bonds is 9. The molecule has 0 saturated carbocycles. The van der Waals surface area contributed by atoms with Crippen LogP contribution in [0.25, 0.3) is 0 Å². The van der Waals surface area contributed by atoms with Crippen LogP contribution in [0.1, 0.15) is 18.1 Å². The number of halogens is 1. The minimum absolute atomic E-state index is 0.000371. The van der Waals surface area contributed by atoms with Crippen LogP contribution in [-0.4, -0.2) is 48.4 Å². The van der Waals surface area contributed by atoms with Crippen LogP contribution in [0.4, 0.5) is 4.79 Å². The third-order valence-electron chi connectivity index (χ3n) is 4.38. The molecule has 0 aliphatic rings. The lowest BCUT2D eigenvalue weighted by Gasteiger charge is -2.24. The average molecular weight is 449 g/mol. The highest BCUT2D eigenvalue weighted by Crippen LogP contribution is 2.13. The second kappa shape index (κ2) is 11.9. The van der Waals surface area contributed by atoms with E-state index in [0.717, 1.165) is 5.56 Å². The van der Waals surface area contributed by atoms with Crippen molar-refractivity contribution in [3.8, 4) is 0 Å².